The molecule has 20 heavy (non-hydrogen) atoms. The smallest absolute Gasteiger partial charge is 0.346 e. The summed E-state index contributed by atoms with van der Waals surface area (Å²) in [6.07, 6.45) is 3.92. The number of aryl methyl sites for hydroxylation is 1. The first kappa shape index (κ1) is 17.1. The van der Waals surface area contributed by atoms with E-state index in [4.69, 9.17) is 5.11 Å². The van der Waals surface area contributed by atoms with Gasteiger partial charge in [-0.1, -0.05) is 26.2 Å². The van der Waals surface area contributed by atoms with Gasteiger partial charge in [0.15, 0.2) is 0 Å². The highest BCUT2D eigenvalue weighted by atomic mass is 32.2. The maximum atomic E-state index is 12.2. The summed E-state index contributed by atoms with van der Waals surface area (Å²) in [5.41, 5.74) is 0.474. The zero-order chi connectivity index (χ0) is 15.3. The quantitative estimate of drug-likeness (QED) is 0.721. The van der Waals surface area contributed by atoms with Gasteiger partial charge < -0.3 is 5.11 Å². The molecule has 1 heterocycles. The third kappa shape index (κ3) is 4.57. The Balaban J connectivity index is 2.78. The second-order valence-electron chi connectivity index (χ2n) is 4.90. The van der Waals surface area contributed by atoms with Crippen LogP contribution in [0.25, 0.3) is 0 Å². The Kier molecular flexibility index (Phi) is 6.16. The molecule has 1 aromatic heterocycles. The van der Waals surface area contributed by atoms with Crippen LogP contribution in [-0.2, 0) is 10.0 Å². The summed E-state index contributed by atoms with van der Waals surface area (Å²) in [5, 5.41) is 8.97. The topological polar surface area (TPSA) is 83.5 Å². The number of sulfonamides is 1. The van der Waals surface area contributed by atoms with Crippen molar-refractivity contribution in [2.75, 3.05) is 0 Å². The molecule has 2 N–H and O–H groups in total. The van der Waals surface area contributed by atoms with Gasteiger partial charge in [-0.05, 0) is 31.9 Å². The average Bonchev–Trinajstić information content (AvgIpc) is 2.72. The van der Waals surface area contributed by atoms with Crippen molar-refractivity contribution in [2.45, 2.75) is 56.7 Å². The van der Waals surface area contributed by atoms with E-state index in [0.717, 1.165) is 37.0 Å². The molecule has 0 saturated carbocycles. The van der Waals surface area contributed by atoms with Gasteiger partial charge >= 0.3 is 5.97 Å². The first-order chi connectivity index (χ1) is 9.27. The Morgan fingerprint density at radius 3 is 2.60 bits per heavy atom. The molecule has 1 atom stereocenters. The Hall–Kier alpha value is -0.920. The molecule has 0 saturated heterocycles. The Morgan fingerprint density at radius 2 is 2.10 bits per heavy atom. The summed E-state index contributed by atoms with van der Waals surface area (Å²) < 4.78 is 27.0. The van der Waals surface area contributed by atoms with E-state index in [1.165, 1.54) is 6.07 Å². The number of hydrogen-bond donors (Lipinski definition) is 2. The van der Waals surface area contributed by atoms with Crippen LogP contribution < -0.4 is 4.72 Å². The fourth-order valence-electron chi connectivity index (χ4n) is 1.88. The summed E-state index contributed by atoms with van der Waals surface area (Å²) in [7, 11) is -3.63. The molecule has 5 nitrogen and oxygen atoms in total. The van der Waals surface area contributed by atoms with Crippen LogP contribution in [0.15, 0.2) is 10.3 Å². The van der Waals surface area contributed by atoms with Gasteiger partial charge in [0.25, 0.3) is 0 Å². The third-order valence-corrected chi connectivity index (χ3v) is 6.24. The van der Waals surface area contributed by atoms with E-state index in [9.17, 15) is 13.2 Å². The molecule has 0 aliphatic heterocycles. The van der Waals surface area contributed by atoms with Gasteiger partial charge in [0.1, 0.15) is 9.09 Å². The number of carboxylic acids is 1. The normalized spacial score (nSPS) is 13.3. The Labute approximate surface area is 124 Å². The van der Waals surface area contributed by atoms with E-state index >= 15 is 0 Å². The molecule has 1 aromatic rings. The predicted octanol–water partition coefficient (Wildman–Crippen LogP) is 3.00. The van der Waals surface area contributed by atoms with Crippen molar-refractivity contribution in [1.82, 2.24) is 4.72 Å². The van der Waals surface area contributed by atoms with E-state index < -0.39 is 16.0 Å². The van der Waals surface area contributed by atoms with Crippen LogP contribution in [0.1, 0.15) is 54.8 Å². The van der Waals surface area contributed by atoms with Crippen molar-refractivity contribution in [3.05, 3.63) is 16.5 Å². The van der Waals surface area contributed by atoms with Crippen molar-refractivity contribution in [3.8, 4) is 0 Å². The number of aromatic carboxylic acids is 1. The van der Waals surface area contributed by atoms with Gasteiger partial charge in [0.05, 0.1) is 0 Å². The van der Waals surface area contributed by atoms with Crippen LogP contribution in [0.5, 0.6) is 0 Å². The van der Waals surface area contributed by atoms with Gasteiger partial charge in [0.2, 0.25) is 10.0 Å². The minimum atomic E-state index is -3.63. The van der Waals surface area contributed by atoms with E-state index in [-0.39, 0.29) is 15.1 Å². The highest BCUT2D eigenvalue weighted by molar-refractivity contribution is 7.91. The number of thiophene rings is 1. The zero-order valence-electron chi connectivity index (χ0n) is 12.0. The van der Waals surface area contributed by atoms with Gasteiger partial charge in [-0.25, -0.2) is 17.9 Å². The predicted molar refractivity (Wildman–Crippen MR) is 79.9 cm³/mol. The lowest BCUT2D eigenvalue weighted by atomic mass is 10.1. The zero-order valence-corrected chi connectivity index (χ0v) is 13.6. The van der Waals surface area contributed by atoms with Crippen molar-refractivity contribution < 1.29 is 18.3 Å². The number of carbonyl (C=O) groups is 1. The van der Waals surface area contributed by atoms with Crippen LogP contribution in [0.3, 0.4) is 0 Å². The van der Waals surface area contributed by atoms with E-state index in [2.05, 4.69) is 11.6 Å². The van der Waals surface area contributed by atoms with Gasteiger partial charge in [-0.3, -0.25) is 0 Å². The average molecular weight is 319 g/mol. The summed E-state index contributed by atoms with van der Waals surface area (Å²) in [5.74, 6) is -1.09. The fraction of sp³-hybridized carbons (Fsp3) is 0.615. The van der Waals surface area contributed by atoms with Crippen LogP contribution in [0.4, 0.5) is 0 Å². The second kappa shape index (κ2) is 7.19. The lowest BCUT2D eigenvalue weighted by Crippen LogP contribution is -2.32. The Morgan fingerprint density at radius 1 is 1.45 bits per heavy atom. The number of hydrogen-bond acceptors (Lipinski definition) is 4. The molecule has 0 bridgehead atoms. The molecular formula is C13H21NO4S2. The van der Waals surface area contributed by atoms with Crippen LogP contribution >= 0.6 is 11.3 Å². The van der Waals surface area contributed by atoms with Crippen molar-refractivity contribution in [2.24, 2.45) is 0 Å². The van der Waals surface area contributed by atoms with Crippen molar-refractivity contribution >= 4 is 27.3 Å². The SMILES string of the molecule is CCCCCC(C)NS(=O)(=O)c1cc(C)c(C(=O)O)s1. The van der Waals surface area contributed by atoms with Crippen LogP contribution in [-0.4, -0.2) is 25.5 Å². The molecule has 0 aliphatic carbocycles. The molecule has 7 heteroatoms. The minimum absolute atomic E-state index is 0.0646. The van der Waals surface area contributed by atoms with Crippen LogP contribution in [0, 0.1) is 6.92 Å². The lowest BCUT2D eigenvalue weighted by Gasteiger charge is -2.12. The summed E-state index contributed by atoms with van der Waals surface area (Å²) in [6, 6.07) is 1.26. The van der Waals surface area contributed by atoms with E-state index in [1.54, 1.807) is 6.92 Å². The fourth-order valence-corrected chi connectivity index (χ4v) is 4.55. The summed E-state index contributed by atoms with van der Waals surface area (Å²) in [6.45, 7) is 5.52. The van der Waals surface area contributed by atoms with Gasteiger partial charge in [0, 0.05) is 6.04 Å². The third-order valence-electron chi connectivity index (χ3n) is 2.95. The van der Waals surface area contributed by atoms with Crippen molar-refractivity contribution in [3.63, 3.8) is 0 Å². The molecule has 0 fully saturated rings. The lowest BCUT2D eigenvalue weighted by molar-refractivity contribution is 0.0701. The minimum Gasteiger partial charge on any atom is -0.477 e. The standard InChI is InChI=1S/C13H21NO4S2/c1-4-5-6-7-10(3)14-20(17,18)11-8-9(2)12(19-11)13(15)16/h8,10,14H,4-7H2,1-3H3,(H,15,16). The molecule has 114 valence electrons. The monoisotopic (exact) mass is 319 g/mol. The summed E-state index contributed by atoms with van der Waals surface area (Å²) in [4.78, 5) is 11.0. The van der Waals surface area contributed by atoms with Gasteiger partial charge in [-0.15, -0.1) is 11.3 Å². The molecule has 0 aromatic carbocycles. The number of carboxylic acid groups (broad SMARTS) is 1. The molecular weight excluding hydrogens is 298 g/mol. The van der Waals surface area contributed by atoms with E-state index in [0.29, 0.717) is 5.56 Å². The van der Waals surface area contributed by atoms with E-state index in [1.807, 2.05) is 6.92 Å². The van der Waals surface area contributed by atoms with Crippen LogP contribution in [0.2, 0.25) is 0 Å². The first-order valence-electron chi connectivity index (χ1n) is 6.64. The number of rotatable bonds is 8. The summed E-state index contributed by atoms with van der Waals surface area (Å²) >= 11 is 0.795. The van der Waals surface area contributed by atoms with Crippen molar-refractivity contribution in [1.29, 1.82) is 0 Å². The second-order valence-corrected chi connectivity index (χ2v) is 7.89. The maximum absolute atomic E-state index is 12.2. The molecule has 0 amide bonds. The number of nitrogens with one attached hydrogen (secondary N) is 1. The molecule has 0 spiro atoms. The molecule has 0 radical (unpaired) electrons. The number of unbranched alkanes of at least 4 members (excludes halogenated alkanes) is 2. The first-order valence-corrected chi connectivity index (χ1v) is 8.94. The molecule has 1 rings (SSSR count). The molecule has 0 aliphatic rings. The van der Waals surface area contributed by atoms with Gasteiger partial charge in [-0.2, -0.15) is 0 Å². The highest BCUT2D eigenvalue weighted by Crippen LogP contribution is 2.26. The maximum Gasteiger partial charge on any atom is 0.346 e. The Bertz CT molecular complexity index is 563. The largest absolute Gasteiger partial charge is 0.477 e. The highest BCUT2D eigenvalue weighted by Gasteiger charge is 2.23. The molecule has 1 unspecified atom stereocenters.